The molecule has 0 radical (unpaired) electrons. The third kappa shape index (κ3) is 1.98. The van der Waals surface area contributed by atoms with Crippen molar-refractivity contribution in [2.24, 2.45) is 5.16 Å². The van der Waals surface area contributed by atoms with E-state index in [2.05, 4.69) is 5.16 Å². The largest absolute Gasteiger partial charge is 0.497 e. The second-order valence-corrected chi connectivity index (χ2v) is 3.41. The van der Waals surface area contributed by atoms with Crippen molar-refractivity contribution in [3.63, 3.8) is 0 Å². The minimum Gasteiger partial charge on any atom is -0.497 e. The van der Waals surface area contributed by atoms with E-state index in [1.165, 1.54) is 0 Å². The molecule has 84 valence electrons. The fourth-order valence-corrected chi connectivity index (χ4v) is 1.50. The average Bonchev–Trinajstić information content (AvgIpc) is 2.78. The lowest BCUT2D eigenvalue weighted by atomic mass is 10.0. The maximum Gasteiger partial charge on any atom is 0.353 e. The van der Waals surface area contributed by atoms with Crippen molar-refractivity contribution in [1.29, 1.82) is 0 Å². The van der Waals surface area contributed by atoms with Crippen LogP contribution in [-0.4, -0.2) is 23.9 Å². The maximum atomic E-state index is 10.6. The summed E-state index contributed by atoms with van der Waals surface area (Å²) in [4.78, 5) is 15.7. The first-order valence-corrected chi connectivity index (χ1v) is 4.80. The number of oxime groups is 1. The monoisotopic (exact) mass is 221 g/mol. The molecule has 0 aromatic heterocycles. The number of rotatable bonds is 3. The number of carbonyl (C=O) groups is 1. The molecule has 0 bridgehead atoms. The molecule has 1 aromatic carbocycles. The lowest BCUT2D eigenvalue weighted by Crippen LogP contribution is -2.11. The van der Waals surface area contributed by atoms with Gasteiger partial charge >= 0.3 is 5.97 Å². The molecule has 16 heavy (non-hydrogen) atoms. The van der Waals surface area contributed by atoms with E-state index in [-0.39, 0.29) is 11.8 Å². The lowest BCUT2D eigenvalue weighted by molar-refractivity contribution is -0.129. The number of hydrogen-bond acceptors (Lipinski definition) is 4. The van der Waals surface area contributed by atoms with E-state index in [1.807, 2.05) is 12.1 Å². The summed E-state index contributed by atoms with van der Waals surface area (Å²) in [6.07, 6.45) is -0.0150. The van der Waals surface area contributed by atoms with Crippen molar-refractivity contribution in [3.05, 3.63) is 29.8 Å². The van der Waals surface area contributed by atoms with Gasteiger partial charge in [-0.3, -0.25) is 0 Å². The normalized spacial score (nSPS) is 18.8. The predicted octanol–water partition coefficient (Wildman–Crippen LogP) is 1.60. The molecule has 0 fully saturated rings. The van der Waals surface area contributed by atoms with Crippen molar-refractivity contribution in [3.8, 4) is 5.75 Å². The van der Waals surface area contributed by atoms with Crippen molar-refractivity contribution in [2.75, 3.05) is 7.11 Å². The molecule has 0 amide bonds. The molecule has 0 saturated heterocycles. The Kier molecular flexibility index (Phi) is 2.76. The van der Waals surface area contributed by atoms with Gasteiger partial charge in [0, 0.05) is 6.42 Å². The van der Waals surface area contributed by atoms with Crippen LogP contribution in [0.25, 0.3) is 0 Å². The van der Waals surface area contributed by atoms with Gasteiger partial charge < -0.3 is 14.7 Å². The van der Waals surface area contributed by atoms with Crippen LogP contribution in [-0.2, 0) is 9.63 Å². The second-order valence-electron chi connectivity index (χ2n) is 3.41. The van der Waals surface area contributed by atoms with Gasteiger partial charge in [-0.15, -0.1) is 0 Å². The summed E-state index contributed by atoms with van der Waals surface area (Å²) < 4.78 is 5.03. The lowest BCUT2D eigenvalue weighted by Gasteiger charge is -2.08. The predicted molar refractivity (Wildman–Crippen MR) is 56.5 cm³/mol. The van der Waals surface area contributed by atoms with Crippen molar-refractivity contribution >= 4 is 11.7 Å². The molecular weight excluding hydrogens is 210 g/mol. The SMILES string of the molecule is COc1ccc([C@@H]2CC(C(=O)O)=NO2)cc1. The third-order valence-corrected chi connectivity index (χ3v) is 2.40. The number of hydrogen-bond donors (Lipinski definition) is 1. The average molecular weight is 221 g/mol. The van der Waals surface area contributed by atoms with Crippen LogP contribution < -0.4 is 4.74 Å². The van der Waals surface area contributed by atoms with Gasteiger partial charge in [-0.25, -0.2) is 4.79 Å². The number of nitrogens with zero attached hydrogens (tertiary/aromatic N) is 1. The first kappa shape index (κ1) is 10.5. The zero-order valence-electron chi connectivity index (χ0n) is 8.71. The first-order valence-electron chi connectivity index (χ1n) is 4.80. The molecule has 0 aliphatic carbocycles. The summed E-state index contributed by atoms with van der Waals surface area (Å²) >= 11 is 0. The molecule has 1 aliphatic heterocycles. The molecule has 5 heteroatoms. The van der Waals surface area contributed by atoms with E-state index in [9.17, 15) is 4.79 Å². The van der Waals surface area contributed by atoms with Crippen LogP contribution in [0.15, 0.2) is 29.4 Å². The molecule has 1 heterocycles. The first-order chi connectivity index (χ1) is 7.70. The van der Waals surface area contributed by atoms with E-state index in [0.717, 1.165) is 11.3 Å². The van der Waals surface area contributed by atoms with Crippen LogP contribution in [0.1, 0.15) is 18.1 Å². The zero-order chi connectivity index (χ0) is 11.5. The number of aliphatic carboxylic acids is 1. The summed E-state index contributed by atoms with van der Waals surface area (Å²) in [5.41, 5.74) is 0.946. The Bertz CT molecular complexity index is 424. The number of carboxylic acids is 1. The minimum absolute atomic E-state index is 0.0563. The Labute approximate surface area is 92.3 Å². The van der Waals surface area contributed by atoms with E-state index < -0.39 is 5.97 Å². The van der Waals surface area contributed by atoms with Crippen LogP contribution in [0, 0.1) is 0 Å². The summed E-state index contributed by atoms with van der Waals surface area (Å²) in [5.74, 6) is -0.280. The summed E-state index contributed by atoms with van der Waals surface area (Å²) in [5, 5.41) is 12.3. The van der Waals surface area contributed by atoms with Gasteiger partial charge in [-0.05, 0) is 17.7 Å². The van der Waals surface area contributed by atoms with Gasteiger partial charge in [-0.1, -0.05) is 17.3 Å². The number of methoxy groups -OCH3 is 1. The van der Waals surface area contributed by atoms with E-state index in [4.69, 9.17) is 14.7 Å². The number of ether oxygens (including phenoxy) is 1. The molecule has 1 atom stereocenters. The summed E-state index contributed by atoms with van der Waals surface area (Å²) in [6, 6.07) is 7.28. The smallest absolute Gasteiger partial charge is 0.353 e. The van der Waals surface area contributed by atoms with Gasteiger partial charge in [0.15, 0.2) is 11.8 Å². The Morgan fingerprint density at radius 2 is 2.19 bits per heavy atom. The van der Waals surface area contributed by atoms with Crippen LogP contribution in [0.5, 0.6) is 5.75 Å². The molecular formula is C11H11NO4. The highest BCUT2D eigenvalue weighted by atomic mass is 16.6. The number of carboxylic acid groups (broad SMARTS) is 1. The van der Waals surface area contributed by atoms with E-state index in [1.54, 1.807) is 19.2 Å². The fraction of sp³-hybridized carbons (Fsp3) is 0.273. The summed E-state index contributed by atoms with van der Waals surface area (Å²) in [6.45, 7) is 0. The topological polar surface area (TPSA) is 68.1 Å². The zero-order valence-corrected chi connectivity index (χ0v) is 8.71. The Balaban J connectivity index is 2.07. The van der Waals surface area contributed by atoms with E-state index in [0.29, 0.717) is 6.42 Å². The minimum atomic E-state index is -1.03. The molecule has 0 spiro atoms. The Morgan fingerprint density at radius 1 is 1.50 bits per heavy atom. The van der Waals surface area contributed by atoms with Crippen LogP contribution in [0.2, 0.25) is 0 Å². The fourth-order valence-electron chi connectivity index (χ4n) is 1.50. The Morgan fingerprint density at radius 3 is 2.69 bits per heavy atom. The highest BCUT2D eigenvalue weighted by Gasteiger charge is 2.26. The van der Waals surface area contributed by atoms with Crippen molar-refractivity contribution in [2.45, 2.75) is 12.5 Å². The van der Waals surface area contributed by atoms with Crippen LogP contribution >= 0.6 is 0 Å². The summed E-state index contributed by atoms with van der Waals surface area (Å²) in [7, 11) is 1.59. The molecule has 5 nitrogen and oxygen atoms in total. The van der Waals surface area contributed by atoms with Crippen molar-refractivity contribution in [1.82, 2.24) is 0 Å². The Hall–Kier alpha value is -2.04. The number of benzene rings is 1. The molecule has 0 unspecified atom stereocenters. The van der Waals surface area contributed by atoms with Crippen molar-refractivity contribution < 1.29 is 19.5 Å². The van der Waals surface area contributed by atoms with Gasteiger partial charge in [0.25, 0.3) is 0 Å². The maximum absolute atomic E-state index is 10.6. The van der Waals surface area contributed by atoms with E-state index >= 15 is 0 Å². The van der Waals surface area contributed by atoms with Gasteiger partial charge in [0.2, 0.25) is 0 Å². The molecule has 2 rings (SSSR count). The third-order valence-electron chi connectivity index (χ3n) is 2.40. The highest BCUT2D eigenvalue weighted by Crippen LogP contribution is 2.28. The molecule has 1 aliphatic rings. The standard InChI is InChI=1S/C11H11NO4/c1-15-8-4-2-7(3-5-8)10-6-9(11(13)14)12-16-10/h2-5,10H,6H2,1H3,(H,13,14)/t10-/m0/s1. The molecule has 1 N–H and O–H groups in total. The van der Waals surface area contributed by atoms with Gasteiger partial charge in [0.1, 0.15) is 5.75 Å². The highest BCUT2D eigenvalue weighted by molar-refractivity contribution is 6.35. The van der Waals surface area contributed by atoms with Gasteiger partial charge in [0.05, 0.1) is 7.11 Å². The second kappa shape index (κ2) is 4.22. The molecule has 1 aromatic rings. The van der Waals surface area contributed by atoms with Crippen LogP contribution in [0.3, 0.4) is 0 Å². The van der Waals surface area contributed by atoms with Crippen LogP contribution in [0.4, 0.5) is 0 Å². The quantitative estimate of drug-likeness (QED) is 0.841. The van der Waals surface area contributed by atoms with Gasteiger partial charge in [-0.2, -0.15) is 0 Å². The molecule has 0 saturated carbocycles.